The minimum Gasteiger partial charge on any atom is -0.490 e. The molecule has 0 saturated carbocycles. The monoisotopic (exact) mass is 210 g/mol. The van der Waals surface area contributed by atoms with E-state index in [9.17, 15) is 0 Å². The van der Waals surface area contributed by atoms with Crippen LogP contribution in [0.1, 0.15) is 5.56 Å². The molecule has 0 fully saturated rings. The van der Waals surface area contributed by atoms with Gasteiger partial charge < -0.3 is 9.47 Å². The molecule has 2 nitrogen and oxygen atoms in total. The number of methoxy groups -OCH3 is 1. The van der Waals surface area contributed by atoms with E-state index in [1.165, 1.54) is 0 Å². The summed E-state index contributed by atoms with van der Waals surface area (Å²) in [6.45, 7) is 0.987. The van der Waals surface area contributed by atoms with E-state index in [0.29, 0.717) is 24.0 Å². The van der Waals surface area contributed by atoms with E-state index in [4.69, 9.17) is 27.5 Å². The maximum Gasteiger partial charge on any atom is 0.139 e. The number of rotatable bonds is 4. The fourth-order valence-electron chi connectivity index (χ4n) is 0.939. The molecule has 0 aromatic heterocycles. The van der Waals surface area contributed by atoms with Gasteiger partial charge in [0.2, 0.25) is 0 Å². The van der Waals surface area contributed by atoms with E-state index in [1.807, 2.05) is 0 Å². The van der Waals surface area contributed by atoms with E-state index in [1.54, 1.807) is 25.3 Å². The van der Waals surface area contributed by atoms with Gasteiger partial charge >= 0.3 is 0 Å². The predicted octanol–water partition coefficient (Wildman–Crippen LogP) is 2.35. The van der Waals surface area contributed by atoms with Crippen LogP contribution in [-0.4, -0.2) is 20.3 Å². The molecular weight excluding hydrogens is 200 g/mol. The van der Waals surface area contributed by atoms with Crippen molar-refractivity contribution in [2.45, 2.75) is 0 Å². The van der Waals surface area contributed by atoms with Gasteiger partial charge in [-0.05, 0) is 18.2 Å². The van der Waals surface area contributed by atoms with Gasteiger partial charge in [0.25, 0.3) is 0 Å². The molecule has 1 aromatic rings. The molecule has 3 heteroatoms. The third-order valence-electron chi connectivity index (χ3n) is 1.64. The highest BCUT2D eigenvalue weighted by molar-refractivity contribution is 6.32. The summed E-state index contributed by atoms with van der Waals surface area (Å²) in [5.41, 5.74) is 0.752. The molecule has 1 aromatic carbocycles. The minimum absolute atomic E-state index is 0.463. The second kappa shape index (κ2) is 5.54. The maximum atomic E-state index is 5.90. The highest BCUT2D eigenvalue weighted by atomic mass is 35.5. The fraction of sp³-hybridized carbons (Fsp3) is 0.273. The molecule has 0 N–H and O–H groups in total. The van der Waals surface area contributed by atoms with Crippen LogP contribution < -0.4 is 4.74 Å². The summed E-state index contributed by atoms with van der Waals surface area (Å²) in [4.78, 5) is 0. The lowest BCUT2D eigenvalue weighted by molar-refractivity contribution is 0.146. The van der Waals surface area contributed by atoms with Crippen LogP contribution in [-0.2, 0) is 4.74 Å². The molecule has 0 saturated heterocycles. The summed E-state index contributed by atoms with van der Waals surface area (Å²) in [6.07, 6.45) is 5.25. The summed E-state index contributed by atoms with van der Waals surface area (Å²) in [5.74, 6) is 3.11. The van der Waals surface area contributed by atoms with Crippen LogP contribution in [0.2, 0.25) is 5.02 Å². The largest absolute Gasteiger partial charge is 0.490 e. The van der Waals surface area contributed by atoms with Gasteiger partial charge in [-0.25, -0.2) is 0 Å². The van der Waals surface area contributed by atoms with Crippen molar-refractivity contribution in [3.8, 4) is 18.1 Å². The second-order valence-corrected chi connectivity index (χ2v) is 3.04. The van der Waals surface area contributed by atoms with E-state index in [2.05, 4.69) is 5.92 Å². The van der Waals surface area contributed by atoms with Gasteiger partial charge in [-0.15, -0.1) is 6.42 Å². The zero-order chi connectivity index (χ0) is 10.4. The van der Waals surface area contributed by atoms with Crippen molar-refractivity contribution in [1.82, 2.24) is 0 Å². The van der Waals surface area contributed by atoms with Crippen LogP contribution in [0, 0.1) is 12.3 Å². The number of terminal acetylenes is 1. The molecule has 0 bridgehead atoms. The first kappa shape index (κ1) is 10.9. The van der Waals surface area contributed by atoms with Crippen molar-refractivity contribution < 1.29 is 9.47 Å². The normalized spacial score (nSPS) is 9.50. The van der Waals surface area contributed by atoms with Gasteiger partial charge in [-0.2, -0.15) is 0 Å². The van der Waals surface area contributed by atoms with Crippen LogP contribution >= 0.6 is 11.6 Å². The SMILES string of the molecule is C#Cc1ccc(Cl)c(OCCOC)c1. The Hall–Kier alpha value is -1.17. The average Bonchev–Trinajstić information content (AvgIpc) is 2.21. The maximum absolute atomic E-state index is 5.90. The van der Waals surface area contributed by atoms with Gasteiger partial charge in [0, 0.05) is 12.7 Å². The highest BCUT2D eigenvalue weighted by Crippen LogP contribution is 2.25. The molecule has 0 spiro atoms. The Kier molecular flexibility index (Phi) is 4.31. The van der Waals surface area contributed by atoms with Crippen molar-refractivity contribution >= 4 is 11.6 Å². The summed E-state index contributed by atoms with van der Waals surface area (Å²) in [5, 5.41) is 0.556. The zero-order valence-corrected chi connectivity index (χ0v) is 8.67. The Bertz CT molecular complexity index is 342. The van der Waals surface area contributed by atoms with Crippen LogP contribution in [0.5, 0.6) is 5.75 Å². The van der Waals surface area contributed by atoms with E-state index in [0.717, 1.165) is 5.56 Å². The van der Waals surface area contributed by atoms with Crippen LogP contribution in [0.3, 0.4) is 0 Å². The van der Waals surface area contributed by atoms with Gasteiger partial charge in [-0.1, -0.05) is 17.5 Å². The first-order valence-corrected chi connectivity index (χ1v) is 4.53. The molecule has 0 radical (unpaired) electrons. The van der Waals surface area contributed by atoms with E-state index < -0.39 is 0 Å². The van der Waals surface area contributed by atoms with E-state index in [-0.39, 0.29) is 0 Å². The van der Waals surface area contributed by atoms with Crippen molar-refractivity contribution in [1.29, 1.82) is 0 Å². The van der Waals surface area contributed by atoms with Crippen molar-refractivity contribution in [2.24, 2.45) is 0 Å². The van der Waals surface area contributed by atoms with Crippen molar-refractivity contribution in [3.05, 3.63) is 28.8 Å². The van der Waals surface area contributed by atoms with Gasteiger partial charge in [-0.3, -0.25) is 0 Å². The molecule has 0 aliphatic heterocycles. The molecule has 0 aliphatic rings. The van der Waals surface area contributed by atoms with Gasteiger partial charge in [0.1, 0.15) is 12.4 Å². The second-order valence-electron chi connectivity index (χ2n) is 2.63. The van der Waals surface area contributed by atoms with Crippen LogP contribution in [0.15, 0.2) is 18.2 Å². The topological polar surface area (TPSA) is 18.5 Å². The lowest BCUT2D eigenvalue weighted by atomic mass is 10.2. The Labute approximate surface area is 88.8 Å². The molecule has 0 amide bonds. The third-order valence-corrected chi connectivity index (χ3v) is 1.96. The molecule has 74 valence electrons. The summed E-state index contributed by atoms with van der Waals surface area (Å²) >= 11 is 5.90. The standard InChI is InChI=1S/C11H11ClO2/c1-3-9-4-5-10(12)11(8-9)14-7-6-13-2/h1,4-5,8H,6-7H2,2H3. The fourth-order valence-corrected chi connectivity index (χ4v) is 1.11. The quantitative estimate of drug-likeness (QED) is 0.561. The molecule has 0 heterocycles. The summed E-state index contributed by atoms with van der Waals surface area (Å²) < 4.78 is 10.2. The first-order chi connectivity index (χ1) is 6.77. The van der Waals surface area contributed by atoms with Gasteiger partial charge in [0.05, 0.1) is 11.6 Å². The Balaban J connectivity index is 2.70. The molecule has 14 heavy (non-hydrogen) atoms. The number of benzene rings is 1. The first-order valence-electron chi connectivity index (χ1n) is 4.16. The smallest absolute Gasteiger partial charge is 0.139 e. The lowest BCUT2D eigenvalue weighted by Gasteiger charge is -2.07. The number of hydrogen-bond donors (Lipinski definition) is 0. The van der Waals surface area contributed by atoms with Crippen molar-refractivity contribution in [3.63, 3.8) is 0 Å². The lowest BCUT2D eigenvalue weighted by Crippen LogP contribution is -2.04. The number of ether oxygens (including phenoxy) is 2. The van der Waals surface area contributed by atoms with Gasteiger partial charge in [0.15, 0.2) is 0 Å². The highest BCUT2D eigenvalue weighted by Gasteiger charge is 2.01. The Morgan fingerprint density at radius 2 is 2.21 bits per heavy atom. The zero-order valence-electron chi connectivity index (χ0n) is 7.92. The summed E-state index contributed by atoms with van der Waals surface area (Å²) in [7, 11) is 1.61. The average molecular weight is 211 g/mol. The minimum atomic E-state index is 0.463. The molecular formula is C11H11ClO2. The van der Waals surface area contributed by atoms with Crippen molar-refractivity contribution in [2.75, 3.05) is 20.3 Å². The van der Waals surface area contributed by atoms with E-state index >= 15 is 0 Å². The van der Waals surface area contributed by atoms with Crippen LogP contribution in [0.4, 0.5) is 0 Å². The third kappa shape index (κ3) is 2.95. The molecule has 1 rings (SSSR count). The Morgan fingerprint density at radius 3 is 2.86 bits per heavy atom. The molecule has 0 unspecified atom stereocenters. The van der Waals surface area contributed by atoms with Crippen LogP contribution in [0.25, 0.3) is 0 Å². The number of halogens is 1. The predicted molar refractivity (Wildman–Crippen MR) is 56.8 cm³/mol. The number of hydrogen-bond acceptors (Lipinski definition) is 2. The molecule has 0 atom stereocenters. The summed E-state index contributed by atoms with van der Waals surface area (Å²) in [6, 6.07) is 5.22. The molecule has 0 aliphatic carbocycles. The Morgan fingerprint density at radius 1 is 1.43 bits per heavy atom.